The molecule has 1 atom stereocenters. The molecule has 5 nitrogen and oxygen atoms in total. The lowest BCUT2D eigenvalue weighted by Crippen LogP contribution is -2.43. The highest BCUT2D eigenvalue weighted by atomic mass is 79.9. The lowest BCUT2D eigenvalue weighted by atomic mass is 9.97. The minimum atomic E-state index is 0.00516. The predicted octanol–water partition coefficient (Wildman–Crippen LogP) is 4.21. The Morgan fingerprint density at radius 1 is 1.32 bits per heavy atom. The molecule has 1 amide bonds. The van der Waals surface area contributed by atoms with Crippen molar-refractivity contribution >= 4 is 38.8 Å². The van der Waals surface area contributed by atoms with Gasteiger partial charge >= 0.3 is 0 Å². The van der Waals surface area contributed by atoms with E-state index in [1.807, 2.05) is 24.3 Å². The molecular formula is C22H25BrN4O. The fraction of sp³-hybridized carbons (Fsp3) is 0.364. The molecule has 1 saturated heterocycles. The zero-order valence-corrected chi connectivity index (χ0v) is 17.6. The Morgan fingerprint density at radius 2 is 2.18 bits per heavy atom. The van der Waals surface area contributed by atoms with Crippen LogP contribution in [0.4, 0.5) is 5.95 Å². The summed E-state index contributed by atoms with van der Waals surface area (Å²) in [7, 11) is 0. The number of carbonyl (C=O) groups is 1. The van der Waals surface area contributed by atoms with E-state index in [9.17, 15) is 4.79 Å². The average Bonchev–Trinajstić information content (AvgIpc) is 3.13. The molecule has 2 heterocycles. The van der Waals surface area contributed by atoms with Crippen LogP contribution in [0.1, 0.15) is 24.0 Å². The molecule has 1 aliphatic heterocycles. The van der Waals surface area contributed by atoms with E-state index in [4.69, 9.17) is 4.98 Å². The van der Waals surface area contributed by atoms with Crippen LogP contribution < -0.4 is 10.2 Å². The van der Waals surface area contributed by atoms with E-state index in [1.165, 1.54) is 11.1 Å². The number of aromatic amines is 1. The molecule has 1 aromatic heterocycles. The summed E-state index contributed by atoms with van der Waals surface area (Å²) in [5.41, 5.74) is 4.52. The number of amides is 1. The van der Waals surface area contributed by atoms with Gasteiger partial charge in [-0.25, -0.2) is 4.98 Å². The number of fused-ring (bicyclic) bond motifs is 1. The van der Waals surface area contributed by atoms with Crippen molar-refractivity contribution in [2.75, 3.05) is 24.5 Å². The molecule has 2 aromatic carbocycles. The monoisotopic (exact) mass is 440 g/mol. The summed E-state index contributed by atoms with van der Waals surface area (Å²) in [6, 6.07) is 14.4. The second-order valence-corrected chi connectivity index (χ2v) is 8.39. The third-order valence-electron chi connectivity index (χ3n) is 5.48. The highest BCUT2D eigenvalue weighted by molar-refractivity contribution is 9.10. The van der Waals surface area contributed by atoms with Gasteiger partial charge in [0.1, 0.15) is 0 Å². The number of imidazole rings is 1. The van der Waals surface area contributed by atoms with Gasteiger partial charge in [-0.15, -0.1) is 0 Å². The molecule has 0 aliphatic carbocycles. The van der Waals surface area contributed by atoms with Crippen molar-refractivity contribution in [3.63, 3.8) is 0 Å². The van der Waals surface area contributed by atoms with Crippen molar-refractivity contribution < 1.29 is 4.79 Å². The lowest BCUT2D eigenvalue weighted by Gasteiger charge is -2.31. The molecule has 2 N–H and O–H groups in total. The molecule has 4 rings (SSSR count). The maximum Gasteiger partial charge on any atom is 0.224 e. The van der Waals surface area contributed by atoms with Crippen molar-refractivity contribution in [1.82, 2.24) is 15.3 Å². The maximum absolute atomic E-state index is 12.7. The van der Waals surface area contributed by atoms with Crippen molar-refractivity contribution in [2.45, 2.75) is 26.2 Å². The first-order valence-electron chi connectivity index (χ1n) is 9.82. The van der Waals surface area contributed by atoms with Crippen molar-refractivity contribution in [3.8, 4) is 0 Å². The highest BCUT2D eigenvalue weighted by Crippen LogP contribution is 2.25. The number of aromatic nitrogens is 2. The van der Waals surface area contributed by atoms with Gasteiger partial charge in [0.15, 0.2) is 0 Å². The zero-order valence-electron chi connectivity index (χ0n) is 16.0. The molecule has 0 radical (unpaired) electrons. The van der Waals surface area contributed by atoms with Crippen LogP contribution in [0.5, 0.6) is 0 Å². The number of hydrogen-bond donors (Lipinski definition) is 2. The van der Waals surface area contributed by atoms with Gasteiger partial charge in [0, 0.05) is 24.1 Å². The molecule has 0 spiro atoms. The van der Waals surface area contributed by atoms with Gasteiger partial charge in [-0.05, 0) is 55.5 Å². The minimum absolute atomic E-state index is 0.00516. The Bertz CT molecular complexity index is 984. The number of halogens is 1. The van der Waals surface area contributed by atoms with Crippen LogP contribution in [-0.4, -0.2) is 35.5 Å². The van der Waals surface area contributed by atoms with Gasteiger partial charge in [-0.2, -0.15) is 0 Å². The summed E-state index contributed by atoms with van der Waals surface area (Å²) in [6.07, 6.45) is 2.79. The molecule has 146 valence electrons. The van der Waals surface area contributed by atoms with Gasteiger partial charge in [0.25, 0.3) is 0 Å². The van der Waals surface area contributed by atoms with Crippen LogP contribution >= 0.6 is 15.9 Å². The van der Waals surface area contributed by atoms with Gasteiger partial charge in [0.05, 0.1) is 17.0 Å². The van der Waals surface area contributed by atoms with Crippen molar-refractivity contribution in [2.24, 2.45) is 5.92 Å². The molecule has 1 fully saturated rings. The maximum atomic E-state index is 12.7. The number of rotatable bonds is 5. The molecule has 1 unspecified atom stereocenters. The number of H-pyrrole nitrogens is 1. The topological polar surface area (TPSA) is 61.0 Å². The van der Waals surface area contributed by atoms with Gasteiger partial charge < -0.3 is 15.2 Å². The minimum Gasteiger partial charge on any atom is -0.355 e. The first kappa shape index (κ1) is 19.0. The molecule has 0 bridgehead atoms. The normalized spacial score (nSPS) is 17.1. The van der Waals surface area contributed by atoms with Crippen LogP contribution in [0.15, 0.2) is 46.9 Å². The van der Waals surface area contributed by atoms with Crippen LogP contribution in [-0.2, 0) is 11.2 Å². The fourth-order valence-corrected chi connectivity index (χ4v) is 4.22. The Kier molecular flexibility index (Phi) is 5.67. The van der Waals surface area contributed by atoms with Gasteiger partial charge in [-0.1, -0.05) is 40.2 Å². The average molecular weight is 441 g/mol. The summed E-state index contributed by atoms with van der Waals surface area (Å²) in [4.78, 5) is 23.0. The van der Waals surface area contributed by atoms with E-state index in [1.54, 1.807) is 0 Å². The lowest BCUT2D eigenvalue weighted by molar-refractivity contribution is -0.125. The van der Waals surface area contributed by atoms with Crippen LogP contribution in [0.2, 0.25) is 0 Å². The number of nitrogens with one attached hydrogen (secondary N) is 2. The molecule has 0 saturated carbocycles. The molecule has 6 heteroatoms. The second kappa shape index (κ2) is 8.35. The van der Waals surface area contributed by atoms with E-state index < -0.39 is 0 Å². The summed E-state index contributed by atoms with van der Waals surface area (Å²) in [6.45, 7) is 4.42. The predicted molar refractivity (Wildman–Crippen MR) is 117 cm³/mol. The van der Waals surface area contributed by atoms with Crippen molar-refractivity contribution in [3.05, 3.63) is 58.1 Å². The first-order valence-corrected chi connectivity index (χ1v) is 10.6. The molecule has 28 heavy (non-hydrogen) atoms. The third kappa shape index (κ3) is 4.22. The van der Waals surface area contributed by atoms with Gasteiger partial charge in [-0.3, -0.25) is 4.79 Å². The number of piperidine rings is 1. The van der Waals surface area contributed by atoms with Crippen LogP contribution in [0.25, 0.3) is 11.0 Å². The SMILES string of the molecule is Cc1ccccc1CCNC(=O)C1CCCN(c2nc3ccc(Br)cc3[nH]2)C1. The van der Waals surface area contributed by atoms with Crippen molar-refractivity contribution in [1.29, 1.82) is 0 Å². The van der Waals surface area contributed by atoms with Gasteiger partial charge in [0.2, 0.25) is 11.9 Å². The first-order chi connectivity index (χ1) is 13.6. The van der Waals surface area contributed by atoms with E-state index in [0.717, 1.165) is 47.3 Å². The fourth-order valence-electron chi connectivity index (χ4n) is 3.86. The van der Waals surface area contributed by atoms with E-state index in [0.29, 0.717) is 13.1 Å². The quantitative estimate of drug-likeness (QED) is 0.624. The Balaban J connectivity index is 1.36. The summed E-state index contributed by atoms with van der Waals surface area (Å²) >= 11 is 3.50. The second-order valence-electron chi connectivity index (χ2n) is 7.47. The number of benzene rings is 2. The standard InChI is InChI=1S/C22H25BrN4O/c1-15-5-2-3-6-16(15)10-11-24-21(28)17-7-4-12-27(14-17)22-25-19-9-8-18(23)13-20(19)26-22/h2-3,5-6,8-9,13,17H,4,7,10-12,14H2,1H3,(H,24,28)(H,25,26). The number of carbonyl (C=O) groups excluding carboxylic acids is 1. The summed E-state index contributed by atoms with van der Waals surface area (Å²) in [5, 5.41) is 3.13. The molecule has 3 aromatic rings. The van der Waals surface area contributed by atoms with Crippen LogP contribution in [0.3, 0.4) is 0 Å². The smallest absolute Gasteiger partial charge is 0.224 e. The molecule has 1 aliphatic rings. The third-order valence-corrected chi connectivity index (χ3v) is 5.97. The zero-order chi connectivity index (χ0) is 19.5. The van der Waals surface area contributed by atoms with E-state index in [-0.39, 0.29) is 11.8 Å². The highest BCUT2D eigenvalue weighted by Gasteiger charge is 2.27. The Morgan fingerprint density at radius 3 is 3.04 bits per heavy atom. The number of anilines is 1. The Hall–Kier alpha value is -2.34. The van der Waals surface area contributed by atoms with E-state index in [2.05, 4.69) is 56.3 Å². The molecular weight excluding hydrogens is 416 g/mol. The van der Waals surface area contributed by atoms with Crippen LogP contribution in [0, 0.1) is 12.8 Å². The largest absolute Gasteiger partial charge is 0.355 e. The Labute approximate surface area is 173 Å². The number of hydrogen-bond acceptors (Lipinski definition) is 3. The number of nitrogens with zero attached hydrogens (tertiary/aromatic N) is 2. The summed E-state index contributed by atoms with van der Waals surface area (Å²) in [5.74, 6) is 1.01. The van der Waals surface area contributed by atoms with E-state index >= 15 is 0 Å². The summed E-state index contributed by atoms with van der Waals surface area (Å²) < 4.78 is 1.03. The number of aryl methyl sites for hydroxylation is 1.